The molecule has 7 heteroatoms. The van der Waals surface area contributed by atoms with Crippen LogP contribution >= 0.6 is 11.6 Å². The zero-order valence-corrected chi connectivity index (χ0v) is 19.5. The van der Waals surface area contributed by atoms with E-state index in [1.807, 2.05) is 36.4 Å². The molecule has 34 heavy (non-hydrogen) atoms. The minimum atomic E-state index is -0.550. The van der Waals surface area contributed by atoms with E-state index in [2.05, 4.69) is 5.32 Å². The quantitative estimate of drug-likeness (QED) is 0.499. The van der Waals surface area contributed by atoms with E-state index < -0.39 is 5.91 Å². The fraction of sp³-hybridized carbons (Fsp3) is 0.259. The number of nitrogens with one attached hydrogen (secondary N) is 1. The summed E-state index contributed by atoms with van der Waals surface area (Å²) in [6, 6.07) is 21.9. The van der Waals surface area contributed by atoms with Gasteiger partial charge in [0.2, 0.25) is 0 Å². The van der Waals surface area contributed by atoms with Gasteiger partial charge in [-0.1, -0.05) is 48.0 Å². The second kappa shape index (κ2) is 10.7. The third-order valence-corrected chi connectivity index (χ3v) is 6.48. The molecule has 0 spiro atoms. The minimum Gasteiger partial charge on any atom is -0.488 e. The van der Waals surface area contributed by atoms with Gasteiger partial charge in [0.05, 0.1) is 5.56 Å². The van der Waals surface area contributed by atoms with Gasteiger partial charge < -0.3 is 20.5 Å². The minimum absolute atomic E-state index is 0.154. The summed E-state index contributed by atoms with van der Waals surface area (Å²) >= 11 is 6.08. The number of rotatable bonds is 8. The van der Waals surface area contributed by atoms with Crippen molar-refractivity contribution in [2.24, 2.45) is 5.73 Å². The summed E-state index contributed by atoms with van der Waals surface area (Å²) in [5, 5.41) is 3.81. The van der Waals surface area contributed by atoms with Crippen LogP contribution in [0.4, 0.5) is 0 Å². The van der Waals surface area contributed by atoms with Gasteiger partial charge in [-0.05, 0) is 60.4 Å². The van der Waals surface area contributed by atoms with E-state index in [1.165, 1.54) is 0 Å². The van der Waals surface area contributed by atoms with Crippen molar-refractivity contribution in [1.29, 1.82) is 0 Å². The lowest BCUT2D eigenvalue weighted by Crippen LogP contribution is -2.44. The zero-order chi connectivity index (χ0) is 24.0. The fourth-order valence-corrected chi connectivity index (χ4v) is 4.37. The van der Waals surface area contributed by atoms with E-state index in [0.717, 1.165) is 24.0 Å². The summed E-state index contributed by atoms with van der Waals surface area (Å²) in [7, 11) is 0. The van der Waals surface area contributed by atoms with Gasteiger partial charge in [-0.15, -0.1) is 0 Å². The van der Waals surface area contributed by atoms with Gasteiger partial charge in [0.15, 0.2) is 0 Å². The van der Waals surface area contributed by atoms with Gasteiger partial charge in [-0.3, -0.25) is 9.59 Å². The molecule has 2 amide bonds. The van der Waals surface area contributed by atoms with Gasteiger partial charge in [-0.25, -0.2) is 0 Å². The van der Waals surface area contributed by atoms with Gasteiger partial charge >= 0.3 is 0 Å². The first-order valence-corrected chi connectivity index (χ1v) is 11.6. The monoisotopic (exact) mass is 478 g/mol. The van der Waals surface area contributed by atoms with E-state index in [1.54, 1.807) is 36.4 Å². The summed E-state index contributed by atoms with van der Waals surface area (Å²) in [5.41, 5.74) is 8.04. The third-order valence-electron chi connectivity index (χ3n) is 6.23. The smallest absolute Gasteiger partial charge is 0.252 e. The number of primary amides is 1. The summed E-state index contributed by atoms with van der Waals surface area (Å²) in [4.78, 5) is 24.6. The van der Waals surface area contributed by atoms with Crippen LogP contribution < -0.4 is 15.8 Å². The maximum absolute atomic E-state index is 13.0. The van der Waals surface area contributed by atoms with Crippen LogP contribution in [0.3, 0.4) is 0 Å². The molecule has 0 unspecified atom stereocenters. The maximum Gasteiger partial charge on any atom is 0.252 e. The molecule has 1 heterocycles. The molecule has 176 valence electrons. The fourth-order valence-electron chi connectivity index (χ4n) is 4.24. The molecule has 0 aromatic heterocycles. The first-order valence-electron chi connectivity index (χ1n) is 11.2. The second-order valence-corrected chi connectivity index (χ2v) is 8.87. The molecule has 1 aliphatic rings. The van der Waals surface area contributed by atoms with Crippen LogP contribution in [-0.4, -0.2) is 31.6 Å². The zero-order valence-electron chi connectivity index (χ0n) is 18.8. The number of para-hydroxylation sites is 1. The number of halogens is 1. The Morgan fingerprint density at radius 1 is 1.00 bits per heavy atom. The topological polar surface area (TPSA) is 90.7 Å². The molecule has 1 aliphatic heterocycles. The van der Waals surface area contributed by atoms with Gasteiger partial charge in [0.25, 0.3) is 11.8 Å². The Hall–Kier alpha value is -3.35. The molecule has 0 aliphatic carbocycles. The lowest BCUT2D eigenvalue weighted by molar-refractivity contribution is 0.0487. The highest BCUT2D eigenvalue weighted by atomic mass is 35.5. The molecule has 4 rings (SSSR count). The Morgan fingerprint density at radius 2 is 1.74 bits per heavy atom. The summed E-state index contributed by atoms with van der Waals surface area (Å²) in [6.07, 6.45) is 1.64. The Labute approximate surface area is 204 Å². The summed E-state index contributed by atoms with van der Waals surface area (Å²) < 4.78 is 11.4. The number of hydrogen-bond acceptors (Lipinski definition) is 4. The van der Waals surface area contributed by atoms with Crippen LogP contribution in [0.1, 0.15) is 44.7 Å². The van der Waals surface area contributed by atoms with Gasteiger partial charge in [0.1, 0.15) is 12.4 Å². The summed E-state index contributed by atoms with van der Waals surface area (Å²) in [5.74, 6) is -0.292. The van der Waals surface area contributed by atoms with Crippen LogP contribution in [0.2, 0.25) is 5.02 Å². The van der Waals surface area contributed by atoms with Gasteiger partial charge in [0, 0.05) is 35.8 Å². The van der Waals surface area contributed by atoms with Crippen molar-refractivity contribution < 1.29 is 19.1 Å². The first kappa shape index (κ1) is 23.8. The average Bonchev–Trinajstić information content (AvgIpc) is 2.87. The van der Waals surface area contributed by atoms with Crippen LogP contribution in [-0.2, 0) is 16.8 Å². The average molecular weight is 479 g/mol. The molecule has 3 aromatic carbocycles. The van der Waals surface area contributed by atoms with Crippen molar-refractivity contribution in [3.8, 4) is 5.75 Å². The molecule has 0 atom stereocenters. The third kappa shape index (κ3) is 5.58. The van der Waals surface area contributed by atoms with E-state index in [0.29, 0.717) is 41.7 Å². The molecule has 0 saturated carbocycles. The second-order valence-electron chi connectivity index (χ2n) is 8.43. The molecule has 1 saturated heterocycles. The Morgan fingerprint density at radius 3 is 2.47 bits per heavy atom. The molecule has 1 fully saturated rings. The molecule has 3 aromatic rings. The largest absolute Gasteiger partial charge is 0.488 e. The van der Waals surface area contributed by atoms with Crippen LogP contribution in [0.15, 0.2) is 72.8 Å². The van der Waals surface area contributed by atoms with E-state index in [4.69, 9.17) is 26.8 Å². The van der Waals surface area contributed by atoms with Crippen molar-refractivity contribution in [2.45, 2.75) is 24.9 Å². The number of carbonyl (C=O) groups is 2. The predicted octanol–water partition coefficient (Wildman–Crippen LogP) is 4.50. The maximum atomic E-state index is 13.0. The molecular formula is C27H27ClN2O4. The summed E-state index contributed by atoms with van der Waals surface area (Å²) in [6.45, 7) is 2.01. The lowest BCUT2D eigenvalue weighted by atomic mass is 9.74. The Bertz CT molecular complexity index is 1160. The van der Waals surface area contributed by atoms with Crippen molar-refractivity contribution in [1.82, 2.24) is 5.32 Å². The van der Waals surface area contributed by atoms with E-state index >= 15 is 0 Å². The highest BCUT2D eigenvalue weighted by Gasteiger charge is 2.35. The SMILES string of the molecule is NC(=O)c1ccccc1OCc1cccc(C(=O)NCC2(c3ccc(Cl)cc3)CCOCC2)c1. The number of carbonyl (C=O) groups excluding carboxylic acids is 2. The number of benzene rings is 3. The number of ether oxygens (including phenoxy) is 2. The van der Waals surface area contributed by atoms with Crippen molar-refractivity contribution in [3.63, 3.8) is 0 Å². The van der Waals surface area contributed by atoms with Crippen LogP contribution in [0, 0.1) is 0 Å². The Kier molecular flexibility index (Phi) is 7.50. The van der Waals surface area contributed by atoms with Gasteiger partial charge in [-0.2, -0.15) is 0 Å². The standard InChI is InChI=1S/C27H27ClN2O4/c28-22-10-8-21(9-11-22)27(12-14-33-15-13-27)18-30-26(32)20-5-3-4-19(16-20)17-34-24-7-2-1-6-23(24)25(29)31/h1-11,16H,12-15,17-18H2,(H2,29,31)(H,30,32). The highest BCUT2D eigenvalue weighted by Crippen LogP contribution is 2.35. The Balaban J connectivity index is 1.43. The van der Waals surface area contributed by atoms with Crippen LogP contribution in [0.25, 0.3) is 0 Å². The molecule has 0 bridgehead atoms. The molecule has 6 nitrogen and oxygen atoms in total. The molecule has 3 N–H and O–H groups in total. The van der Waals surface area contributed by atoms with Crippen molar-refractivity contribution >= 4 is 23.4 Å². The van der Waals surface area contributed by atoms with Crippen molar-refractivity contribution in [3.05, 3.63) is 100 Å². The normalized spacial score (nSPS) is 14.9. The van der Waals surface area contributed by atoms with Crippen molar-refractivity contribution in [2.75, 3.05) is 19.8 Å². The number of amides is 2. The predicted molar refractivity (Wildman–Crippen MR) is 131 cm³/mol. The molecular weight excluding hydrogens is 452 g/mol. The van der Waals surface area contributed by atoms with E-state index in [-0.39, 0.29) is 17.9 Å². The molecule has 0 radical (unpaired) electrons. The lowest BCUT2D eigenvalue weighted by Gasteiger charge is -2.38. The number of hydrogen-bond donors (Lipinski definition) is 2. The number of nitrogens with two attached hydrogens (primary N) is 1. The highest BCUT2D eigenvalue weighted by molar-refractivity contribution is 6.30. The first-order chi connectivity index (χ1) is 16.5. The van der Waals surface area contributed by atoms with Crippen LogP contribution in [0.5, 0.6) is 5.75 Å². The van der Waals surface area contributed by atoms with E-state index in [9.17, 15) is 9.59 Å².